The molecular formula is C21H18ClFN2O. The van der Waals surface area contributed by atoms with Gasteiger partial charge in [-0.2, -0.15) is 0 Å². The molecule has 0 bridgehead atoms. The first-order valence-electron chi connectivity index (χ1n) is 8.22. The van der Waals surface area contributed by atoms with Crippen molar-refractivity contribution in [3.05, 3.63) is 95.3 Å². The summed E-state index contributed by atoms with van der Waals surface area (Å²) in [5.41, 5.74) is 2.45. The normalized spacial score (nSPS) is 10.4. The van der Waals surface area contributed by atoms with Gasteiger partial charge in [-0.1, -0.05) is 60.1 Å². The molecular weight excluding hydrogens is 351 g/mol. The number of amides is 1. The molecule has 3 rings (SSSR count). The minimum absolute atomic E-state index is 0.0200. The third-order valence-electron chi connectivity index (χ3n) is 3.92. The highest BCUT2D eigenvalue weighted by molar-refractivity contribution is 6.31. The Morgan fingerprint density at radius 3 is 2.27 bits per heavy atom. The molecule has 132 valence electrons. The number of hydrogen-bond acceptors (Lipinski definition) is 2. The fourth-order valence-electron chi connectivity index (χ4n) is 2.58. The fraction of sp³-hybridized carbons (Fsp3) is 0.0952. The molecule has 3 aromatic rings. The van der Waals surface area contributed by atoms with Crippen LogP contribution in [0, 0.1) is 5.82 Å². The number of carbonyl (C=O) groups is 1. The summed E-state index contributed by atoms with van der Waals surface area (Å²) in [7, 11) is 0. The van der Waals surface area contributed by atoms with Gasteiger partial charge in [0.15, 0.2) is 0 Å². The van der Waals surface area contributed by atoms with Crippen LogP contribution in [0.15, 0.2) is 78.9 Å². The molecule has 0 aromatic heterocycles. The number of nitrogens with one attached hydrogen (secondary N) is 1. The second-order valence-corrected chi connectivity index (χ2v) is 6.19. The van der Waals surface area contributed by atoms with E-state index in [-0.39, 0.29) is 17.5 Å². The molecule has 0 aliphatic rings. The highest BCUT2D eigenvalue weighted by Gasteiger charge is 2.16. The van der Waals surface area contributed by atoms with E-state index < -0.39 is 5.82 Å². The average Bonchev–Trinajstić information content (AvgIpc) is 2.68. The topological polar surface area (TPSA) is 32.3 Å². The summed E-state index contributed by atoms with van der Waals surface area (Å²) in [5, 5.41) is 3.03. The molecule has 3 nitrogen and oxygen atoms in total. The number of halogens is 2. The lowest BCUT2D eigenvalue weighted by Gasteiger charge is -2.23. The van der Waals surface area contributed by atoms with Gasteiger partial charge in [0, 0.05) is 11.4 Å². The molecule has 0 heterocycles. The van der Waals surface area contributed by atoms with E-state index in [2.05, 4.69) is 5.32 Å². The molecule has 0 fully saturated rings. The zero-order valence-electron chi connectivity index (χ0n) is 14.0. The largest absolute Gasteiger partial charge is 0.376 e. The summed E-state index contributed by atoms with van der Waals surface area (Å²) in [4.78, 5) is 14.5. The van der Waals surface area contributed by atoms with Crippen LogP contribution in [-0.4, -0.2) is 12.5 Å². The Morgan fingerprint density at radius 2 is 1.62 bits per heavy atom. The van der Waals surface area contributed by atoms with Gasteiger partial charge in [-0.05, 0) is 35.9 Å². The van der Waals surface area contributed by atoms with E-state index in [0.717, 1.165) is 11.3 Å². The van der Waals surface area contributed by atoms with E-state index >= 15 is 0 Å². The highest BCUT2D eigenvalue weighted by atomic mass is 35.5. The van der Waals surface area contributed by atoms with Gasteiger partial charge in [-0.25, -0.2) is 4.39 Å². The van der Waals surface area contributed by atoms with Crippen molar-refractivity contribution in [1.29, 1.82) is 0 Å². The first kappa shape index (κ1) is 18.0. The molecule has 3 aromatic carbocycles. The van der Waals surface area contributed by atoms with Gasteiger partial charge in [0.1, 0.15) is 5.82 Å². The van der Waals surface area contributed by atoms with E-state index in [1.165, 1.54) is 12.1 Å². The molecule has 0 saturated heterocycles. The van der Waals surface area contributed by atoms with Gasteiger partial charge in [-0.3, -0.25) is 4.79 Å². The van der Waals surface area contributed by atoms with Crippen LogP contribution in [0.25, 0.3) is 0 Å². The monoisotopic (exact) mass is 368 g/mol. The number of carbonyl (C=O) groups excluding carboxylic acids is 1. The smallest absolute Gasteiger partial charge is 0.246 e. The lowest BCUT2D eigenvalue weighted by atomic mass is 10.2. The quantitative estimate of drug-likeness (QED) is 0.654. The van der Waals surface area contributed by atoms with Crippen molar-refractivity contribution in [3.8, 4) is 0 Å². The van der Waals surface area contributed by atoms with Crippen molar-refractivity contribution in [1.82, 2.24) is 0 Å². The molecule has 1 N–H and O–H groups in total. The second kappa shape index (κ2) is 8.50. The molecule has 0 aliphatic heterocycles. The van der Waals surface area contributed by atoms with Crippen molar-refractivity contribution >= 4 is 28.9 Å². The van der Waals surface area contributed by atoms with Crippen molar-refractivity contribution in [2.75, 3.05) is 16.8 Å². The van der Waals surface area contributed by atoms with Crippen LogP contribution in [0.4, 0.5) is 15.8 Å². The predicted molar refractivity (Wildman–Crippen MR) is 104 cm³/mol. The van der Waals surface area contributed by atoms with Crippen LogP contribution in [0.2, 0.25) is 5.02 Å². The maximum absolute atomic E-state index is 13.3. The minimum Gasteiger partial charge on any atom is -0.376 e. The summed E-state index contributed by atoms with van der Waals surface area (Å²) >= 11 is 5.78. The van der Waals surface area contributed by atoms with Gasteiger partial charge in [0.2, 0.25) is 5.91 Å². The van der Waals surface area contributed by atoms with E-state index in [1.807, 2.05) is 60.7 Å². The Bertz CT molecular complexity index is 872. The maximum Gasteiger partial charge on any atom is 0.246 e. The number of anilines is 2. The summed E-state index contributed by atoms with van der Waals surface area (Å²) in [6.45, 7) is 0.541. The van der Waals surface area contributed by atoms with Crippen LogP contribution < -0.4 is 10.2 Å². The lowest BCUT2D eigenvalue weighted by molar-refractivity contribution is -0.117. The molecule has 5 heteroatoms. The summed E-state index contributed by atoms with van der Waals surface area (Å²) in [6.07, 6.45) is 0. The number of para-hydroxylation sites is 1. The van der Waals surface area contributed by atoms with Gasteiger partial charge < -0.3 is 10.2 Å². The van der Waals surface area contributed by atoms with E-state index in [0.29, 0.717) is 12.2 Å². The molecule has 0 spiro atoms. The van der Waals surface area contributed by atoms with Crippen molar-refractivity contribution < 1.29 is 9.18 Å². The first-order valence-corrected chi connectivity index (χ1v) is 8.59. The number of benzene rings is 3. The van der Waals surface area contributed by atoms with Crippen LogP contribution in [0.1, 0.15) is 5.56 Å². The Kier molecular flexibility index (Phi) is 5.87. The molecule has 0 saturated carbocycles. The second-order valence-electron chi connectivity index (χ2n) is 5.78. The number of rotatable bonds is 6. The number of nitrogens with zero attached hydrogens (tertiary/aromatic N) is 1. The molecule has 26 heavy (non-hydrogen) atoms. The summed E-state index contributed by atoms with van der Waals surface area (Å²) in [5.74, 6) is -0.584. The standard InChI is InChI=1S/C21H18ClFN2O/c22-19-13-17(11-12-20(19)23)24-14-21(26)25(18-9-5-2-6-10-18)15-16-7-3-1-4-8-16/h1-13,24H,14-15H2. The highest BCUT2D eigenvalue weighted by Crippen LogP contribution is 2.20. The van der Waals surface area contributed by atoms with Crippen molar-refractivity contribution in [2.45, 2.75) is 6.54 Å². The van der Waals surface area contributed by atoms with Crippen molar-refractivity contribution in [2.24, 2.45) is 0 Å². The zero-order chi connectivity index (χ0) is 18.4. The molecule has 0 aliphatic carbocycles. The molecule has 0 unspecified atom stereocenters. The number of hydrogen-bond donors (Lipinski definition) is 1. The summed E-state index contributed by atoms with van der Waals surface area (Å²) in [6, 6.07) is 23.6. The summed E-state index contributed by atoms with van der Waals surface area (Å²) < 4.78 is 13.3. The molecule has 0 atom stereocenters. The molecule has 1 amide bonds. The first-order chi connectivity index (χ1) is 12.6. The molecule has 0 radical (unpaired) electrons. The van der Waals surface area contributed by atoms with Crippen molar-refractivity contribution in [3.63, 3.8) is 0 Å². The van der Waals surface area contributed by atoms with Crippen LogP contribution in [0.3, 0.4) is 0 Å². The Labute approximate surface area is 157 Å². The van der Waals surface area contributed by atoms with E-state index in [4.69, 9.17) is 11.6 Å². The van der Waals surface area contributed by atoms with E-state index in [9.17, 15) is 9.18 Å². The van der Waals surface area contributed by atoms with Crippen LogP contribution in [0.5, 0.6) is 0 Å². The third kappa shape index (κ3) is 4.61. The van der Waals surface area contributed by atoms with Gasteiger partial charge in [0.05, 0.1) is 18.1 Å². The Hall–Kier alpha value is -2.85. The average molecular weight is 369 g/mol. The van der Waals surface area contributed by atoms with E-state index in [1.54, 1.807) is 11.0 Å². The van der Waals surface area contributed by atoms with Gasteiger partial charge >= 0.3 is 0 Å². The van der Waals surface area contributed by atoms with Crippen LogP contribution in [-0.2, 0) is 11.3 Å². The van der Waals surface area contributed by atoms with Gasteiger partial charge in [-0.15, -0.1) is 0 Å². The van der Waals surface area contributed by atoms with Gasteiger partial charge in [0.25, 0.3) is 0 Å². The predicted octanol–water partition coefficient (Wildman–Crippen LogP) is 5.12. The lowest BCUT2D eigenvalue weighted by Crippen LogP contribution is -2.35. The Balaban J connectivity index is 1.75. The fourth-order valence-corrected chi connectivity index (χ4v) is 2.76. The minimum atomic E-state index is -0.487. The Morgan fingerprint density at radius 1 is 0.962 bits per heavy atom. The SMILES string of the molecule is O=C(CNc1ccc(F)c(Cl)c1)N(Cc1ccccc1)c1ccccc1. The third-order valence-corrected chi connectivity index (χ3v) is 4.21. The zero-order valence-corrected chi connectivity index (χ0v) is 14.8. The maximum atomic E-state index is 13.3. The van der Waals surface area contributed by atoms with Crippen LogP contribution >= 0.6 is 11.6 Å².